The maximum absolute atomic E-state index is 10.8. The number of benzene rings is 1. The van der Waals surface area contributed by atoms with Gasteiger partial charge in [-0.05, 0) is 24.5 Å². The average Bonchev–Trinajstić information content (AvgIpc) is 2.28. The third kappa shape index (κ3) is 5.62. The van der Waals surface area contributed by atoms with Gasteiger partial charge >= 0.3 is 0 Å². The van der Waals surface area contributed by atoms with Crippen LogP contribution in [0.3, 0.4) is 0 Å². The quantitative estimate of drug-likeness (QED) is 0.790. The fourth-order valence-corrected chi connectivity index (χ4v) is 2.20. The Labute approximate surface area is 110 Å². The van der Waals surface area contributed by atoms with Gasteiger partial charge in [-0.3, -0.25) is 0 Å². The smallest absolute Gasteiger partial charge is 0.210 e. The molecule has 1 aromatic rings. The Kier molecular flexibility index (Phi) is 5.78. The van der Waals surface area contributed by atoms with Gasteiger partial charge in [-0.1, -0.05) is 37.6 Å². The largest absolute Gasteiger partial charge is 0.309 e. The van der Waals surface area contributed by atoms with Gasteiger partial charge in [0.25, 0.3) is 0 Å². The van der Waals surface area contributed by atoms with Crippen molar-refractivity contribution < 1.29 is 8.42 Å². The minimum Gasteiger partial charge on any atom is -0.309 e. The standard InChI is InChI=1S/C13H22N2O2S/c1-3-4-12-5-7-13(8-6-12)11(2)15-9-10-18(14,16)17/h5-8,11,15H,3-4,9-10H2,1-2H3,(H2,14,16,17). The molecule has 4 nitrogen and oxygen atoms in total. The van der Waals surface area contributed by atoms with Gasteiger partial charge in [0.05, 0.1) is 5.75 Å². The van der Waals surface area contributed by atoms with Gasteiger partial charge in [-0.25, -0.2) is 13.6 Å². The fraction of sp³-hybridized carbons (Fsp3) is 0.538. The van der Waals surface area contributed by atoms with Crippen LogP contribution in [-0.4, -0.2) is 20.7 Å². The number of hydrogen-bond acceptors (Lipinski definition) is 3. The molecule has 1 atom stereocenters. The summed E-state index contributed by atoms with van der Waals surface area (Å²) < 4.78 is 21.6. The molecular weight excluding hydrogens is 248 g/mol. The van der Waals surface area contributed by atoms with Crippen molar-refractivity contribution in [1.82, 2.24) is 5.32 Å². The summed E-state index contributed by atoms with van der Waals surface area (Å²) in [6.45, 7) is 4.54. The van der Waals surface area contributed by atoms with Gasteiger partial charge in [0.15, 0.2) is 0 Å². The van der Waals surface area contributed by atoms with E-state index in [0.717, 1.165) is 18.4 Å². The highest BCUT2D eigenvalue weighted by Crippen LogP contribution is 2.14. The van der Waals surface area contributed by atoms with E-state index >= 15 is 0 Å². The topological polar surface area (TPSA) is 72.2 Å². The zero-order valence-electron chi connectivity index (χ0n) is 11.0. The van der Waals surface area contributed by atoms with Gasteiger partial charge < -0.3 is 5.32 Å². The van der Waals surface area contributed by atoms with E-state index in [-0.39, 0.29) is 11.8 Å². The van der Waals surface area contributed by atoms with Crippen LogP contribution in [0, 0.1) is 0 Å². The molecule has 1 aromatic carbocycles. The number of nitrogens with two attached hydrogens (primary N) is 1. The Balaban J connectivity index is 2.48. The predicted molar refractivity (Wildman–Crippen MR) is 74.8 cm³/mol. The van der Waals surface area contributed by atoms with Crippen molar-refractivity contribution in [1.29, 1.82) is 0 Å². The van der Waals surface area contributed by atoms with E-state index in [1.54, 1.807) is 0 Å². The third-order valence-corrected chi connectivity index (χ3v) is 3.63. The van der Waals surface area contributed by atoms with Crippen LogP contribution in [0.5, 0.6) is 0 Å². The van der Waals surface area contributed by atoms with Crippen molar-refractivity contribution in [2.24, 2.45) is 5.14 Å². The second-order valence-corrected chi connectivity index (χ2v) is 6.27. The number of aryl methyl sites for hydroxylation is 1. The first kappa shape index (κ1) is 15.1. The zero-order chi connectivity index (χ0) is 13.6. The molecule has 1 rings (SSSR count). The fourth-order valence-electron chi connectivity index (χ4n) is 1.80. The lowest BCUT2D eigenvalue weighted by Gasteiger charge is -2.14. The molecule has 18 heavy (non-hydrogen) atoms. The molecule has 0 saturated heterocycles. The number of sulfonamides is 1. The molecule has 3 N–H and O–H groups in total. The first-order valence-corrected chi connectivity index (χ1v) is 7.96. The monoisotopic (exact) mass is 270 g/mol. The summed E-state index contributed by atoms with van der Waals surface area (Å²) in [6.07, 6.45) is 2.23. The maximum Gasteiger partial charge on any atom is 0.210 e. The number of nitrogens with one attached hydrogen (secondary N) is 1. The Hall–Kier alpha value is -0.910. The molecule has 0 fully saturated rings. The normalized spacial score (nSPS) is 13.5. The van der Waals surface area contributed by atoms with Crippen LogP contribution in [0.4, 0.5) is 0 Å². The molecule has 1 unspecified atom stereocenters. The molecule has 5 heteroatoms. The molecule has 0 amide bonds. The van der Waals surface area contributed by atoms with Gasteiger partial charge in [0, 0.05) is 12.6 Å². The van der Waals surface area contributed by atoms with E-state index < -0.39 is 10.0 Å². The summed E-state index contributed by atoms with van der Waals surface area (Å²) >= 11 is 0. The molecule has 0 aliphatic rings. The number of primary sulfonamides is 1. The Morgan fingerprint density at radius 1 is 1.28 bits per heavy atom. The van der Waals surface area contributed by atoms with Crippen molar-refractivity contribution in [3.05, 3.63) is 35.4 Å². The lowest BCUT2D eigenvalue weighted by Crippen LogP contribution is -2.28. The highest BCUT2D eigenvalue weighted by molar-refractivity contribution is 7.89. The van der Waals surface area contributed by atoms with Crippen LogP contribution in [0.15, 0.2) is 24.3 Å². The lowest BCUT2D eigenvalue weighted by atomic mass is 10.0. The van der Waals surface area contributed by atoms with Crippen molar-refractivity contribution in [2.45, 2.75) is 32.7 Å². The highest BCUT2D eigenvalue weighted by Gasteiger charge is 2.07. The maximum atomic E-state index is 10.8. The number of rotatable bonds is 7. The first-order chi connectivity index (χ1) is 8.42. The van der Waals surface area contributed by atoms with E-state index in [2.05, 4.69) is 36.5 Å². The number of hydrogen-bond donors (Lipinski definition) is 2. The van der Waals surface area contributed by atoms with Crippen LogP contribution >= 0.6 is 0 Å². The average molecular weight is 270 g/mol. The Morgan fingerprint density at radius 3 is 2.39 bits per heavy atom. The van der Waals surface area contributed by atoms with E-state index in [0.29, 0.717) is 6.54 Å². The molecule has 0 heterocycles. The molecule has 0 radical (unpaired) electrons. The molecule has 102 valence electrons. The molecule has 0 spiro atoms. The van der Waals surface area contributed by atoms with Crippen LogP contribution in [-0.2, 0) is 16.4 Å². The highest BCUT2D eigenvalue weighted by atomic mass is 32.2. The van der Waals surface area contributed by atoms with Crippen molar-refractivity contribution in [3.8, 4) is 0 Å². The van der Waals surface area contributed by atoms with Crippen LogP contribution in [0.25, 0.3) is 0 Å². The van der Waals surface area contributed by atoms with Gasteiger partial charge in [0.2, 0.25) is 10.0 Å². The van der Waals surface area contributed by atoms with E-state index in [9.17, 15) is 8.42 Å². The molecule has 0 saturated carbocycles. The lowest BCUT2D eigenvalue weighted by molar-refractivity contribution is 0.573. The second-order valence-electron chi connectivity index (χ2n) is 4.53. The predicted octanol–water partition coefficient (Wildman–Crippen LogP) is 1.58. The van der Waals surface area contributed by atoms with Gasteiger partial charge in [-0.15, -0.1) is 0 Å². The molecule has 0 aliphatic carbocycles. The minimum absolute atomic E-state index is 0.0365. The summed E-state index contributed by atoms with van der Waals surface area (Å²) in [4.78, 5) is 0. The molecule has 0 aromatic heterocycles. The summed E-state index contributed by atoms with van der Waals surface area (Å²) in [5.74, 6) is -0.0365. The van der Waals surface area contributed by atoms with E-state index in [1.807, 2.05) is 6.92 Å². The molecule has 0 aliphatic heterocycles. The molecular formula is C13H22N2O2S. The van der Waals surface area contributed by atoms with Crippen molar-refractivity contribution in [2.75, 3.05) is 12.3 Å². The second kappa shape index (κ2) is 6.87. The Morgan fingerprint density at radius 2 is 1.89 bits per heavy atom. The Bertz CT molecular complexity index is 454. The van der Waals surface area contributed by atoms with Crippen LogP contribution in [0.2, 0.25) is 0 Å². The van der Waals surface area contributed by atoms with Gasteiger partial charge in [-0.2, -0.15) is 0 Å². The van der Waals surface area contributed by atoms with Crippen molar-refractivity contribution in [3.63, 3.8) is 0 Å². The van der Waals surface area contributed by atoms with E-state index in [1.165, 1.54) is 5.56 Å². The SMILES string of the molecule is CCCc1ccc(C(C)NCCS(N)(=O)=O)cc1. The van der Waals surface area contributed by atoms with Crippen LogP contribution in [0.1, 0.15) is 37.4 Å². The van der Waals surface area contributed by atoms with E-state index in [4.69, 9.17) is 5.14 Å². The zero-order valence-corrected chi connectivity index (χ0v) is 11.8. The van der Waals surface area contributed by atoms with Gasteiger partial charge in [0.1, 0.15) is 0 Å². The summed E-state index contributed by atoms with van der Waals surface area (Å²) in [5, 5.41) is 8.09. The van der Waals surface area contributed by atoms with Crippen LogP contribution < -0.4 is 10.5 Å². The minimum atomic E-state index is -3.38. The third-order valence-electron chi connectivity index (χ3n) is 2.86. The summed E-state index contributed by atoms with van der Waals surface area (Å²) in [6, 6.07) is 8.54. The summed E-state index contributed by atoms with van der Waals surface area (Å²) in [5.41, 5.74) is 2.49. The summed E-state index contributed by atoms with van der Waals surface area (Å²) in [7, 11) is -3.38. The first-order valence-electron chi connectivity index (χ1n) is 6.25. The molecule has 0 bridgehead atoms. The van der Waals surface area contributed by atoms with Crippen molar-refractivity contribution >= 4 is 10.0 Å².